The predicted molar refractivity (Wildman–Crippen MR) is 108 cm³/mol. The van der Waals surface area contributed by atoms with Gasteiger partial charge in [-0.25, -0.2) is 0 Å². The van der Waals surface area contributed by atoms with Gasteiger partial charge in [0.1, 0.15) is 5.82 Å². The third-order valence-corrected chi connectivity index (χ3v) is 5.41. The van der Waals surface area contributed by atoms with Gasteiger partial charge in [0, 0.05) is 25.7 Å². The summed E-state index contributed by atoms with van der Waals surface area (Å²) >= 11 is 1.36. The first-order valence-electron chi connectivity index (χ1n) is 9.30. The van der Waals surface area contributed by atoms with Crippen molar-refractivity contribution in [1.82, 2.24) is 19.7 Å². The number of carbonyl (C=O) groups excluding carboxylic acids is 2. The third-order valence-electron chi connectivity index (χ3n) is 4.49. The largest absolute Gasteiger partial charge is 0.375 e. The van der Waals surface area contributed by atoms with Crippen molar-refractivity contribution in [3.8, 4) is 5.69 Å². The zero-order valence-corrected chi connectivity index (χ0v) is 17.2. The van der Waals surface area contributed by atoms with E-state index in [2.05, 4.69) is 22.4 Å². The van der Waals surface area contributed by atoms with Crippen LogP contribution >= 0.6 is 11.8 Å². The fraction of sp³-hybridized carbons (Fsp3) is 0.474. The van der Waals surface area contributed by atoms with Crippen LogP contribution in [-0.2, 0) is 14.3 Å². The molecule has 1 saturated heterocycles. The summed E-state index contributed by atoms with van der Waals surface area (Å²) in [4.78, 5) is 25.8. The molecule has 1 aromatic carbocycles. The van der Waals surface area contributed by atoms with Gasteiger partial charge in [-0.2, -0.15) is 0 Å². The molecule has 0 bridgehead atoms. The number of aromatic nitrogens is 3. The molecule has 0 aliphatic carbocycles. The van der Waals surface area contributed by atoms with Gasteiger partial charge in [-0.05, 0) is 31.5 Å². The van der Waals surface area contributed by atoms with E-state index < -0.39 is 0 Å². The number of hydrogen-bond acceptors (Lipinski definition) is 6. The number of hydrogen-bond donors (Lipinski definition) is 1. The Kier molecular flexibility index (Phi) is 6.69. The third kappa shape index (κ3) is 4.90. The summed E-state index contributed by atoms with van der Waals surface area (Å²) in [6.45, 7) is 7.24. The van der Waals surface area contributed by atoms with Crippen LogP contribution in [0.5, 0.6) is 0 Å². The van der Waals surface area contributed by atoms with Crippen LogP contribution in [0.25, 0.3) is 5.69 Å². The molecule has 1 aliphatic rings. The summed E-state index contributed by atoms with van der Waals surface area (Å²) in [7, 11) is 0. The zero-order chi connectivity index (χ0) is 20.1. The summed E-state index contributed by atoms with van der Waals surface area (Å²) in [6, 6.07) is 7.46. The Balaban J connectivity index is 1.71. The molecule has 1 N–H and O–H groups in total. The van der Waals surface area contributed by atoms with Gasteiger partial charge in [0.25, 0.3) is 0 Å². The van der Waals surface area contributed by atoms with Crippen LogP contribution in [-0.4, -0.2) is 63.0 Å². The second-order valence-corrected chi connectivity index (χ2v) is 7.57. The molecule has 1 atom stereocenters. The normalized spacial score (nSPS) is 16.8. The summed E-state index contributed by atoms with van der Waals surface area (Å²) < 4.78 is 7.52. The molecule has 0 radical (unpaired) electrons. The van der Waals surface area contributed by atoms with E-state index in [0.29, 0.717) is 42.1 Å². The first kappa shape index (κ1) is 20.3. The maximum atomic E-state index is 12.6. The molecular formula is C19H25N5O3S. The number of thioether (sulfide) groups is 1. The number of carbonyl (C=O) groups is 2. The predicted octanol–water partition coefficient (Wildman–Crippen LogP) is 2.26. The van der Waals surface area contributed by atoms with Crippen molar-refractivity contribution in [2.45, 2.75) is 38.5 Å². The number of benzene rings is 1. The van der Waals surface area contributed by atoms with Crippen LogP contribution < -0.4 is 5.32 Å². The van der Waals surface area contributed by atoms with Gasteiger partial charge in [-0.1, -0.05) is 24.8 Å². The molecular weight excluding hydrogens is 378 g/mol. The van der Waals surface area contributed by atoms with Gasteiger partial charge in [0.15, 0.2) is 5.16 Å². The molecule has 0 saturated carbocycles. The minimum Gasteiger partial charge on any atom is -0.375 e. The quantitative estimate of drug-likeness (QED) is 0.744. The Morgan fingerprint density at radius 1 is 1.36 bits per heavy atom. The van der Waals surface area contributed by atoms with E-state index in [9.17, 15) is 9.59 Å². The van der Waals surface area contributed by atoms with Crippen molar-refractivity contribution >= 4 is 29.3 Å². The lowest BCUT2D eigenvalue weighted by atomic mass is 10.2. The van der Waals surface area contributed by atoms with Crippen molar-refractivity contribution < 1.29 is 14.3 Å². The highest BCUT2D eigenvalue weighted by molar-refractivity contribution is 7.99. The number of anilines is 1. The number of nitrogens with one attached hydrogen (secondary N) is 1. The highest BCUT2D eigenvalue weighted by Gasteiger charge is 2.24. The summed E-state index contributed by atoms with van der Waals surface area (Å²) in [5.74, 6) is 0.951. The van der Waals surface area contributed by atoms with Gasteiger partial charge in [-0.3, -0.25) is 14.2 Å². The molecule has 150 valence electrons. The number of morpholine rings is 1. The van der Waals surface area contributed by atoms with Crippen LogP contribution in [0.1, 0.15) is 26.1 Å². The number of ether oxygens (including phenoxy) is 1. The first-order valence-corrected chi connectivity index (χ1v) is 10.3. The van der Waals surface area contributed by atoms with Gasteiger partial charge in [0.2, 0.25) is 11.8 Å². The molecule has 3 rings (SSSR count). The van der Waals surface area contributed by atoms with Gasteiger partial charge < -0.3 is 15.0 Å². The second kappa shape index (κ2) is 9.20. The molecule has 8 nitrogen and oxygen atoms in total. The second-order valence-electron chi connectivity index (χ2n) is 6.63. The standard InChI is InChI=1S/C19H25N5O3S/c1-4-17-11-23(8-9-27-17)18(26)12-28-19-22-21-13(2)24(19)16-7-5-6-15(10-16)20-14(3)25/h5-7,10,17H,4,8-9,11-12H2,1-3H3,(H,20,25). The molecule has 1 aromatic heterocycles. The molecule has 28 heavy (non-hydrogen) atoms. The fourth-order valence-electron chi connectivity index (χ4n) is 3.07. The number of aryl methyl sites for hydroxylation is 1. The highest BCUT2D eigenvalue weighted by Crippen LogP contribution is 2.24. The molecule has 1 fully saturated rings. The maximum Gasteiger partial charge on any atom is 0.233 e. The van der Waals surface area contributed by atoms with Crippen molar-refractivity contribution in [3.05, 3.63) is 30.1 Å². The Morgan fingerprint density at radius 3 is 2.93 bits per heavy atom. The number of rotatable bonds is 6. The lowest BCUT2D eigenvalue weighted by Gasteiger charge is -2.32. The topological polar surface area (TPSA) is 89.4 Å². The lowest BCUT2D eigenvalue weighted by Crippen LogP contribution is -2.46. The Labute approximate surface area is 168 Å². The maximum absolute atomic E-state index is 12.6. The monoisotopic (exact) mass is 403 g/mol. The molecule has 9 heteroatoms. The minimum absolute atomic E-state index is 0.0750. The SMILES string of the molecule is CCC1CN(C(=O)CSc2nnc(C)n2-c2cccc(NC(C)=O)c2)CCO1. The van der Waals surface area contributed by atoms with E-state index in [1.54, 1.807) is 0 Å². The number of amides is 2. The smallest absolute Gasteiger partial charge is 0.233 e. The van der Waals surface area contributed by atoms with Crippen molar-refractivity contribution in [3.63, 3.8) is 0 Å². The summed E-state index contributed by atoms with van der Waals surface area (Å²) in [5.41, 5.74) is 1.53. The van der Waals surface area contributed by atoms with Gasteiger partial charge >= 0.3 is 0 Å². The van der Waals surface area contributed by atoms with E-state index in [4.69, 9.17) is 4.74 Å². The molecule has 2 aromatic rings. The van der Waals surface area contributed by atoms with E-state index in [1.807, 2.05) is 40.7 Å². The molecule has 1 aliphatic heterocycles. The van der Waals surface area contributed by atoms with E-state index >= 15 is 0 Å². The number of nitrogens with zero attached hydrogens (tertiary/aromatic N) is 4. The lowest BCUT2D eigenvalue weighted by molar-refractivity contribution is -0.135. The van der Waals surface area contributed by atoms with E-state index in [-0.39, 0.29) is 17.9 Å². The summed E-state index contributed by atoms with van der Waals surface area (Å²) in [6.07, 6.45) is 1.01. The van der Waals surface area contributed by atoms with Crippen molar-refractivity contribution in [2.75, 3.05) is 30.8 Å². The Morgan fingerprint density at radius 2 is 2.18 bits per heavy atom. The van der Waals surface area contributed by atoms with Crippen molar-refractivity contribution in [2.24, 2.45) is 0 Å². The van der Waals surface area contributed by atoms with Crippen LogP contribution in [0.2, 0.25) is 0 Å². The molecule has 2 heterocycles. The average molecular weight is 404 g/mol. The molecule has 2 amide bonds. The van der Waals surface area contributed by atoms with Crippen LogP contribution in [0.4, 0.5) is 5.69 Å². The zero-order valence-electron chi connectivity index (χ0n) is 16.3. The Hall–Kier alpha value is -2.39. The van der Waals surface area contributed by atoms with Gasteiger partial charge in [-0.15, -0.1) is 10.2 Å². The Bertz CT molecular complexity index is 854. The van der Waals surface area contributed by atoms with E-state index in [1.165, 1.54) is 18.7 Å². The molecule has 1 unspecified atom stereocenters. The van der Waals surface area contributed by atoms with Gasteiger partial charge in [0.05, 0.1) is 24.2 Å². The average Bonchev–Trinajstić information content (AvgIpc) is 3.06. The van der Waals surface area contributed by atoms with Crippen LogP contribution in [0.15, 0.2) is 29.4 Å². The highest BCUT2D eigenvalue weighted by atomic mass is 32.2. The van der Waals surface area contributed by atoms with Crippen molar-refractivity contribution in [1.29, 1.82) is 0 Å². The van der Waals surface area contributed by atoms with Crippen LogP contribution in [0, 0.1) is 6.92 Å². The summed E-state index contributed by atoms with van der Waals surface area (Å²) in [5, 5.41) is 11.8. The minimum atomic E-state index is -0.131. The molecule has 0 spiro atoms. The van der Waals surface area contributed by atoms with Crippen LogP contribution in [0.3, 0.4) is 0 Å². The first-order chi connectivity index (χ1) is 13.5. The fourth-order valence-corrected chi connectivity index (χ4v) is 3.97. The van der Waals surface area contributed by atoms with E-state index in [0.717, 1.165) is 12.1 Å².